The minimum absolute atomic E-state index is 0.0277. The average Bonchev–Trinajstić information content (AvgIpc) is 2.63. The fraction of sp³-hybridized carbons (Fsp3) is 0.885. The van der Waals surface area contributed by atoms with E-state index in [0.717, 1.165) is 19.3 Å². The molecule has 0 heterocycles. The molecule has 4 aliphatic carbocycles. The molecular formula is C26H45N3O. The fourth-order valence-corrected chi connectivity index (χ4v) is 9.61. The van der Waals surface area contributed by atoms with Crippen molar-refractivity contribution in [3.8, 4) is 0 Å². The van der Waals surface area contributed by atoms with Crippen molar-refractivity contribution in [2.45, 2.75) is 92.1 Å². The van der Waals surface area contributed by atoms with Crippen LogP contribution in [-0.4, -0.2) is 23.7 Å². The number of aliphatic hydroxyl groups is 1. The van der Waals surface area contributed by atoms with Crippen LogP contribution in [0.5, 0.6) is 0 Å². The number of hydrogen-bond donors (Lipinski definition) is 3. The maximum atomic E-state index is 11.4. The van der Waals surface area contributed by atoms with E-state index < -0.39 is 0 Å². The van der Waals surface area contributed by atoms with Crippen molar-refractivity contribution in [2.75, 3.05) is 6.54 Å². The molecule has 0 aromatic rings. The molecule has 4 fully saturated rings. The van der Waals surface area contributed by atoms with E-state index in [1.807, 2.05) is 0 Å². The Hall–Kier alpha value is -1.03. The first-order valence-corrected chi connectivity index (χ1v) is 12.3. The molecule has 0 amide bonds. The fourth-order valence-electron chi connectivity index (χ4n) is 9.61. The van der Waals surface area contributed by atoms with Crippen molar-refractivity contribution < 1.29 is 5.11 Å². The highest BCUT2D eigenvalue weighted by Crippen LogP contribution is 2.73. The molecule has 30 heavy (non-hydrogen) atoms. The van der Waals surface area contributed by atoms with Crippen molar-refractivity contribution in [1.82, 2.24) is 0 Å². The Morgan fingerprint density at radius 2 is 1.57 bits per heavy atom. The summed E-state index contributed by atoms with van der Waals surface area (Å²) in [7, 11) is 0. The number of aliphatic hydroxyl groups excluding tert-OH is 1. The molecule has 0 radical (unpaired) electrons. The van der Waals surface area contributed by atoms with E-state index in [9.17, 15) is 5.11 Å². The highest BCUT2D eigenvalue weighted by Gasteiger charge is 2.67. The van der Waals surface area contributed by atoms with E-state index in [4.69, 9.17) is 11.5 Å². The second-order valence-electron chi connectivity index (χ2n) is 12.7. The molecular weight excluding hydrogens is 370 g/mol. The van der Waals surface area contributed by atoms with Gasteiger partial charge in [-0.05, 0) is 85.4 Å². The summed E-state index contributed by atoms with van der Waals surface area (Å²) < 4.78 is 0. The number of guanidine groups is 1. The lowest BCUT2D eigenvalue weighted by molar-refractivity contribution is -0.236. The molecule has 4 rings (SSSR count). The van der Waals surface area contributed by atoms with Gasteiger partial charge in [-0.3, -0.25) is 4.99 Å². The predicted octanol–water partition coefficient (Wildman–Crippen LogP) is 4.86. The van der Waals surface area contributed by atoms with Crippen LogP contribution in [0, 0.1) is 45.3 Å². The first kappa shape index (κ1) is 22.2. The van der Waals surface area contributed by atoms with Gasteiger partial charge in [0.25, 0.3) is 0 Å². The van der Waals surface area contributed by atoms with Crippen molar-refractivity contribution in [1.29, 1.82) is 0 Å². The van der Waals surface area contributed by atoms with Gasteiger partial charge in [0.05, 0.1) is 6.10 Å². The SMILES string of the molecule is C=C1CC[C@@H]2[C@](C)(CCC3[C@@]4(C)[C@H](O)CCC(C)(C)[C@@H]4CC[C@]32C)[C@H]1CN=C(N)N. The Morgan fingerprint density at radius 3 is 2.23 bits per heavy atom. The summed E-state index contributed by atoms with van der Waals surface area (Å²) in [5.41, 5.74) is 13.5. The lowest BCUT2D eigenvalue weighted by atomic mass is 9.34. The lowest BCUT2D eigenvalue weighted by Gasteiger charge is -2.71. The summed E-state index contributed by atoms with van der Waals surface area (Å²) >= 11 is 0. The molecule has 0 saturated heterocycles. The molecule has 4 saturated carbocycles. The minimum atomic E-state index is -0.166. The zero-order chi connectivity index (χ0) is 22.1. The van der Waals surface area contributed by atoms with Gasteiger partial charge in [-0.15, -0.1) is 0 Å². The van der Waals surface area contributed by atoms with Gasteiger partial charge in [0, 0.05) is 17.9 Å². The highest BCUT2D eigenvalue weighted by molar-refractivity contribution is 5.75. The molecule has 5 N–H and O–H groups in total. The lowest BCUT2D eigenvalue weighted by Crippen LogP contribution is -2.66. The monoisotopic (exact) mass is 415 g/mol. The average molecular weight is 416 g/mol. The number of nitrogens with two attached hydrogens (primary N) is 2. The van der Waals surface area contributed by atoms with Crippen molar-refractivity contribution in [2.24, 2.45) is 61.8 Å². The first-order valence-electron chi connectivity index (χ1n) is 12.3. The smallest absolute Gasteiger partial charge is 0.185 e. The molecule has 4 nitrogen and oxygen atoms in total. The summed E-state index contributed by atoms with van der Waals surface area (Å²) in [5.74, 6) is 2.39. The van der Waals surface area contributed by atoms with Crippen LogP contribution in [-0.2, 0) is 0 Å². The predicted molar refractivity (Wildman–Crippen MR) is 125 cm³/mol. The van der Waals surface area contributed by atoms with E-state index in [0.29, 0.717) is 35.6 Å². The Balaban J connectivity index is 1.72. The van der Waals surface area contributed by atoms with Crippen molar-refractivity contribution in [3.05, 3.63) is 12.2 Å². The zero-order valence-corrected chi connectivity index (χ0v) is 20.0. The molecule has 4 aliphatic rings. The van der Waals surface area contributed by atoms with Gasteiger partial charge >= 0.3 is 0 Å². The van der Waals surface area contributed by atoms with Crippen LogP contribution in [0.3, 0.4) is 0 Å². The van der Waals surface area contributed by atoms with E-state index in [-0.39, 0.29) is 28.3 Å². The largest absolute Gasteiger partial charge is 0.393 e. The van der Waals surface area contributed by atoms with Crippen LogP contribution >= 0.6 is 0 Å². The van der Waals surface area contributed by atoms with Gasteiger partial charge in [-0.25, -0.2) is 0 Å². The number of rotatable bonds is 2. The third-order valence-corrected chi connectivity index (χ3v) is 11.1. The van der Waals surface area contributed by atoms with Gasteiger partial charge in [0.2, 0.25) is 0 Å². The summed E-state index contributed by atoms with van der Waals surface area (Å²) in [6, 6.07) is 0. The van der Waals surface area contributed by atoms with Crippen LogP contribution in [0.4, 0.5) is 0 Å². The first-order chi connectivity index (χ1) is 13.9. The summed E-state index contributed by atoms with van der Waals surface area (Å²) in [5, 5.41) is 11.4. The highest BCUT2D eigenvalue weighted by atomic mass is 16.3. The van der Waals surface area contributed by atoms with Crippen LogP contribution in [0.15, 0.2) is 17.1 Å². The quantitative estimate of drug-likeness (QED) is 0.342. The van der Waals surface area contributed by atoms with Gasteiger partial charge in [0.15, 0.2) is 5.96 Å². The molecule has 0 aromatic heterocycles. The molecule has 8 atom stereocenters. The normalized spacial score (nSPS) is 50.1. The maximum Gasteiger partial charge on any atom is 0.185 e. The van der Waals surface area contributed by atoms with Crippen LogP contribution in [0.1, 0.15) is 86.0 Å². The molecule has 0 aliphatic heterocycles. The molecule has 0 aromatic carbocycles. The zero-order valence-electron chi connectivity index (χ0n) is 20.0. The molecule has 1 unspecified atom stereocenters. The van der Waals surface area contributed by atoms with E-state index >= 15 is 0 Å². The number of nitrogens with zero attached hydrogens (tertiary/aromatic N) is 1. The van der Waals surface area contributed by atoms with Crippen molar-refractivity contribution >= 4 is 5.96 Å². The standard InChI is InChI=1S/C26H45N3O/c1-16-7-8-19-24(4,17(16)15-29-22(27)28)13-10-20-25(19,5)14-9-18-23(2,3)12-11-21(30)26(18,20)6/h17-21,30H,1,7-15H2,2-6H3,(H4,27,28,29)/t17-,18-,19+,20?,21+,24+,25-,26-/m0/s1. The summed E-state index contributed by atoms with van der Waals surface area (Å²) in [4.78, 5) is 4.44. The van der Waals surface area contributed by atoms with E-state index in [1.54, 1.807) is 0 Å². The summed E-state index contributed by atoms with van der Waals surface area (Å²) in [6.45, 7) is 17.5. The molecule has 0 spiro atoms. The number of fused-ring (bicyclic) bond motifs is 5. The Labute approximate surface area is 184 Å². The third-order valence-electron chi connectivity index (χ3n) is 11.1. The second kappa shape index (κ2) is 6.98. The molecule has 0 bridgehead atoms. The van der Waals surface area contributed by atoms with Gasteiger partial charge in [-0.1, -0.05) is 46.8 Å². The molecule has 4 heteroatoms. The Bertz CT molecular complexity index is 741. The van der Waals surface area contributed by atoms with Crippen molar-refractivity contribution in [3.63, 3.8) is 0 Å². The van der Waals surface area contributed by atoms with E-state index in [1.165, 1.54) is 37.7 Å². The van der Waals surface area contributed by atoms with Crippen LogP contribution in [0.25, 0.3) is 0 Å². The summed E-state index contributed by atoms with van der Waals surface area (Å²) in [6.07, 6.45) is 9.18. The topological polar surface area (TPSA) is 84.6 Å². The van der Waals surface area contributed by atoms with Crippen LogP contribution in [0.2, 0.25) is 0 Å². The molecule has 170 valence electrons. The second-order valence-corrected chi connectivity index (χ2v) is 12.7. The van der Waals surface area contributed by atoms with Gasteiger partial charge < -0.3 is 16.6 Å². The minimum Gasteiger partial charge on any atom is -0.393 e. The Morgan fingerprint density at radius 1 is 0.933 bits per heavy atom. The maximum absolute atomic E-state index is 11.4. The van der Waals surface area contributed by atoms with Gasteiger partial charge in [0.1, 0.15) is 0 Å². The number of aliphatic imine (C=N–C) groups is 1. The number of hydrogen-bond acceptors (Lipinski definition) is 2. The van der Waals surface area contributed by atoms with E-state index in [2.05, 4.69) is 46.2 Å². The van der Waals surface area contributed by atoms with Gasteiger partial charge in [-0.2, -0.15) is 0 Å². The Kier molecular flexibility index (Phi) is 5.16. The van der Waals surface area contributed by atoms with Crippen LogP contribution < -0.4 is 11.5 Å². The third kappa shape index (κ3) is 2.92.